The van der Waals surface area contributed by atoms with Crippen LogP contribution in [0, 0.1) is 5.82 Å². The van der Waals surface area contributed by atoms with Gasteiger partial charge >= 0.3 is 0 Å². The molecule has 0 unspecified atom stereocenters. The number of carbonyl (C=O) groups excluding carboxylic acids is 1. The lowest BCUT2D eigenvalue weighted by Gasteiger charge is -2.17. The molecule has 1 N–H and O–H groups in total. The summed E-state index contributed by atoms with van der Waals surface area (Å²) in [5.41, 5.74) is 0.625. The Morgan fingerprint density at radius 2 is 1.62 bits per heavy atom. The summed E-state index contributed by atoms with van der Waals surface area (Å²) < 4.78 is 13.0. The van der Waals surface area contributed by atoms with Gasteiger partial charge < -0.3 is 5.32 Å². The Labute approximate surface area is 131 Å². The number of rotatable bonds is 3. The lowest BCUT2D eigenvalue weighted by Crippen LogP contribution is -2.28. The van der Waals surface area contributed by atoms with Crippen LogP contribution in [0.4, 0.5) is 10.1 Å². The molecule has 2 aromatic rings. The molecule has 0 saturated heterocycles. The third-order valence-electron chi connectivity index (χ3n) is 3.78. The molecule has 0 aromatic heterocycles. The second-order valence-electron chi connectivity index (χ2n) is 5.14. The first-order valence-corrected chi connectivity index (χ1v) is 7.30. The number of anilines is 1. The number of nitrogens with one attached hydrogen (secondary N) is 1. The summed E-state index contributed by atoms with van der Waals surface area (Å²) in [6.07, 6.45) is 1.46. The highest BCUT2D eigenvalue weighted by Crippen LogP contribution is 2.49. The van der Waals surface area contributed by atoms with E-state index in [1.807, 2.05) is 0 Å². The number of hydrogen-bond donors (Lipinski definition) is 1. The third kappa shape index (κ3) is 2.63. The largest absolute Gasteiger partial charge is 0.323 e. The standard InChI is InChI=1S/C16H12Cl2FNO/c17-12-2-1-3-13(18)14(12)20-15(21)16(8-9-16)10-4-6-11(19)7-5-10/h1-7H,8-9H2,(H,20,21). The maximum atomic E-state index is 13.0. The Morgan fingerprint density at radius 3 is 2.14 bits per heavy atom. The fraction of sp³-hybridized carbons (Fsp3) is 0.188. The minimum atomic E-state index is -0.601. The maximum Gasteiger partial charge on any atom is 0.235 e. The molecule has 2 aromatic carbocycles. The Bertz CT molecular complexity index is 676. The molecular formula is C16H12Cl2FNO. The monoisotopic (exact) mass is 323 g/mol. The first kappa shape index (κ1) is 14.4. The highest BCUT2D eigenvalue weighted by atomic mass is 35.5. The van der Waals surface area contributed by atoms with Crippen LogP contribution < -0.4 is 5.32 Å². The van der Waals surface area contributed by atoms with Crippen molar-refractivity contribution in [2.24, 2.45) is 0 Å². The summed E-state index contributed by atoms with van der Waals surface area (Å²) in [6, 6.07) is 11.1. The number of carbonyl (C=O) groups is 1. The van der Waals surface area contributed by atoms with E-state index in [9.17, 15) is 9.18 Å². The number of para-hydroxylation sites is 1. The molecule has 1 saturated carbocycles. The quantitative estimate of drug-likeness (QED) is 0.863. The molecule has 5 heteroatoms. The number of benzene rings is 2. The molecule has 0 heterocycles. The van der Waals surface area contributed by atoms with Crippen molar-refractivity contribution in [2.45, 2.75) is 18.3 Å². The number of halogens is 3. The van der Waals surface area contributed by atoms with Crippen LogP contribution in [0.5, 0.6) is 0 Å². The van der Waals surface area contributed by atoms with Crippen LogP contribution in [0.15, 0.2) is 42.5 Å². The average molecular weight is 324 g/mol. The molecule has 1 fully saturated rings. The van der Waals surface area contributed by atoms with Crippen LogP contribution in [-0.2, 0) is 10.2 Å². The highest BCUT2D eigenvalue weighted by Gasteiger charge is 2.51. The SMILES string of the molecule is O=C(Nc1c(Cl)cccc1Cl)C1(c2ccc(F)cc2)CC1. The average Bonchev–Trinajstić information content (AvgIpc) is 3.25. The predicted molar refractivity (Wildman–Crippen MR) is 82.4 cm³/mol. The van der Waals surface area contributed by atoms with Crippen molar-refractivity contribution in [1.29, 1.82) is 0 Å². The van der Waals surface area contributed by atoms with Gasteiger partial charge in [0.1, 0.15) is 5.82 Å². The van der Waals surface area contributed by atoms with Crippen LogP contribution in [0.2, 0.25) is 10.0 Å². The fourth-order valence-electron chi connectivity index (χ4n) is 2.39. The molecule has 2 nitrogen and oxygen atoms in total. The van der Waals surface area contributed by atoms with Gasteiger partial charge in [-0.1, -0.05) is 41.4 Å². The zero-order valence-corrected chi connectivity index (χ0v) is 12.5. The van der Waals surface area contributed by atoms with Gasteiger partial charge in [-0.05, 0) is 42.7 Å². The molecule has 0 atom stereocenters. The van der Waals surface area contributed by atoms with Crippen LogP contribution in [0.25, 0.3) is 0 Å². The van der Waals surface area contributed by atoms with Crippen molar-refractivity contribution in [3.63, 3.8) is 0 Å². The van der Waals surface area contributed by atoms with Gasteiger partial charge in [-0.15, -0.1) is 0 Å². The molecule has 0 aliphatic heterocycles. The molecule has 0 radical (unpaired) electrons. The van der Waals surface area contributed by atoms with Gasteiger partial charge in [-0.25, -0.2) is 4.39 Å². The first-order valence-electron chi connectivity index (χ1n) is 6.54. The summed E-state index contributed by atoms with van der Waals surface area (Å²) in [4.78, 5) is 12.6. The van der Waals surface area contributed by atoms with Crippen molar-refractivity contribution in [2.75, 3.05) is 5.32 Å². The molecular weight excluding hydrogens is 312 g/mol. The van der Waals surface area contributed by atoms with Crippen molar-refractivity contribution in [3.8, 4) is 0 Å². The van der Waals surface area contributed by atoms with E-state index in [0.29, 0.717) is 15.7 Å². The second kappa shape index (κ2) is 5.32. The van der Waals surface area contributed by atoms with E-state index in [1.165, 1.54) is 12.1 Å². The lowest BCUT2D eigenvalue weighted by atomic mass is 9.95. The van der Waals surface area contributed by atoms with Gasteiger partial charge in [-0.2, -0.15) is 0 Å². The van der Waals surface area contributed by atoms with Gasteiger partial charge in [0, 0.05) is 0 Å². The van der Waals surface area contributed by atoms with Crippen molar-refractivity contribution >= 4 is 34.8 Å². The van der Waals surface area contributed by atoms with E-state index < -0.39 is 5.41 Å². The molecule has 1 aliphatic rings. The van der Waals surface area contributed by atoms with Crippen LogP contribution in [0.3, 0.4) is 0 Å². The highest BCUT2D eigenvalue weighted by molar-refractivity contribution is 6.39. The fourth-order valence-corrected chi connectivity index (χ4v) is 2.88. The van der Waals surface area contributed by atoms with Crippen LogP contribution in [-0.4, -0.2) is 5.91 Å². The van der Waals surface area contributed by atoms with Crippen molar-refractivity contribution in [3.05, 3.63) is 63.9 Å². The van der Waals surface area contributed by atoms with Gasteiger partial charge in [0.05, 0.1) is 21.1 Å². The molecule has 108 valence electrons. The molecule has 0 spiro atoms. The smallest absolute Gasteiger partial charge is 0.235 e. The Hall–Kier alpha value is -1.58. The van der Waals surface area contributed by atoms with Gasteiger partial charge in [0.25, 0.3) is 0 Å². The minimum Gasteiger partial charge on any atom is -0.323 e. The van der Waals surface area contributed by atoms with Gasteiger partial charge in [0.2, 0.25) is 5.91 Å². The Kier molecular flexibility index (Phi) is 3.64. The van der Waals surface area contributed by atoms with Crippen LogP contribution >= 0.6 is 23.2 Å². The van der Waals surface area contributed by atoms with Crippen molar-refractivity contribution < 1.29 is 9.18 Å². The van der Waals surface area contributed by atoms with Gasteiger partial charge in [-0.3, -0.25) is 4.79 Å². The summed E-state index contributed by atoms with van der Waals surface area (Å²) in [6.45, 7) is 0. The zero-order chi connectivity index (χ0) is 15.0. The Balaban J connectivity index is 1.87. The summed E-state index contributed by atoms with van der Waals surface area (Å²) in [5, 5.41) is 3.59. The van der Waals surface area contributed by atoms with E-state index in [1.54, 1.807) is 30.3 Å². The van der Waals surface area contributed by atoms with E-state index in [4.69, 9.17) is 23.2 Å². The summed E-state index contributed by atoms with van der Waals surface area (Å²) in [5.74, 6) is -0.479. The number of hydrogen-bond acceptors (Lipinski definition) is 1. The van der Waals surface area contributed by atoms with Crippen molar-refractivity contribution in [1.82, 2.24) is 0 Å². The zero-order valence-electron chi connectivity index (χ0n) is 11.0. The Morgan fingerprint density at radius 1 is 1.05 bits per heavy atom. The summed E-state index contributed by atoms with van der Waals surface area (Å²) in [7, 11) is 0. The van der Waals surface area contributed by atoms with E-state index in [2.05, 4.69) is 5.32 Å². The summed E-state index contributed by atoms with van der Waals surface area (Å²) >= 11 is 12.1. The van der Waals surface area contributed by atoms with E-state index in [0.717, 1.165) is 18.4 Å². The second-order valence-corrected chi connectivity index (χ2v) is 5.95. The van der Waals surface area contributed by atoms with Crippen LogP contribution in [0.1, 0.15) is 18.4 Å². The molecule has 3 rings (SSSR count). The van der Waals surface area contributed by atoms with Gasteiger partial charge in [0.15, 0.2) is 0 Å². The normalized spacial score (nSPS) is 15.6. The molecule has 0 bridgehead atoms. The third-order valence-corrected chi connectivity index (χ3v) is 4.41. The first-order chi connectivity index (χ1) is 10.0. The van der Waals surface area contributed by atoms with E-state index >= 15 is 0 Å². The molecule has 1 aliphatic carbocycles. The topological polar surface area (TPSA) is 29.1 Å². The molecule has 1 amide bonds. The number of amides is 1. The minimum absolute atomic E-state index is 0.163. The lowest BCUT2D eigenvalue weighted by molar-refractivity contribution is -0.118. The molecule has 21 heavy (non-hydrogen) atoms. The predicted octanol–water partition coefficient (Wildman–Crippen LogP) is 4.80. The van der Waals surface area contributed by atoms with E-state index in [-0.39, 0.29) is 11.7 Å². The maximum absolute atomic E-state index is 13.0.